The zero-order valence-corrected chi connectivity index (χ0v) is 12.0. The lowest BCUT2D eigenvalue weighted by atomic mass is 10.0. The molecule has 0 spiro atoms. The number of para-hydroxylation sites is 1. The standard InChI is InChI=1S/C15H20O3S/c1-17-14-11(9-15(16)6-7-15)3-2-4-13(14)18-12-5-8-19-10-12/h2-4,12,16H,5-10H2,1H3. The minimum atomic E-state index is -0.505. The molecule has 104 valence electrons. The second-order valence-corrected chi connectivity index (χ2v) is 6.60. The number of rotatable bonds is 5. The number of benzene rings is 1. The van der Waals surface area contributed by atoms with Crippen molar-refractivity contribution in [1.82, 2.24) is 0 Å². The van der Waals surface area contributed by atoms with Crippen LogP contribution in [0.4, 0.5) is 0 Å². The molecule has 1 aliphatic heterocycles. The normalized spacial score (nSPS) is 24.2. The van der Waals surface area contributed by atoms with Crippen molar-refractivity contribution in [2.24, 2.45) is 0 Å². The fraction of sp³-hybridized carbons (Fsp3) is 0.600. The summed E-state index contributed by atoms with van der Waals surface area (Å²) >= 11 is 1.93. The van der Waals surface area contributed by atoms with Crippen LogP contribution in [0.25, 0.3) is 0 Å². The van der Waals surface area contributed by atoms with Gasteiger partial charge in [-0.3, -0.25) is 0 Å². The lowest BCUT2D eigenvalue weighted by molar-refractivity contribution is 0.149. The fourth-order valence-corrected chi connectivity index (χ4v) is 3.58. The van der Waals surface area contributed by atoms with Crippen LogP contribution < -0.4 is 9.47 Å². The summed E-state index contributed by atoms with van der Waals surface area (Å²) in [6, 6.07) is 5.97. The monoisotopic (exact) mass is 280 g/mol. The van der Waals surface area contributed by atoms with Crippen LogP contribution in [0, 0.1) is 0 Å². The van der Waals surface area contributed by atoms with Gasteiger partial charge in [-0.15, -0.1) is 0 Å². The van der Waals surface area contributed by atoms with Gasteiger partial charge in [0.25, 0.3) is 0 Å². The molecular formula is C15H20O3S. The molecule has 3 rings (SSSR count). The molecular weight excluding hydrogens is 260 g/mol. The first-order chi connectivity index (χ1) is 9.20. The van der Waals surface area contributed by atoms with E-state index < -0.39 is 5.60 Å². The van der Waals surface area contributed by atoms with Gasteiger partial charge in [0.2, 0.25) is 0 Å². The Bertz CT molecular complexity index is 451. The Morgan fingerprint density at radius 1 is 1.42 bits per heavy atom. The molecule has 1 aromatic carbocycles. The van der Waals surface area contributed by atoms with Gasteiger partial charge < -0.3 is 14.6 Å². The third-order valence-corrected chi connectivity index (χ3v) is 4.92. The summed E-state index contributed by atoms with van der Waals surface area (Å²) in [6.07, 6.45) is 3.83. The van der Waals surface area contributed by atoms with Crippen molar-refractivity contribution in [2.45, 2.75) is 37.4 Å². The summed E-state index contributed by atoms with van der Waals surface area (Å²) in [4.78, 5) is 0. The predicted molar refractivity (Wildman–Crippen MR) is 77.2 cm³/mol. The molecule has 19 heavy (non-hydrogen) atoms. The van der Waals surface area contributed by atoms with Gasteiger partial charge in [-0.05, 0) is 31.1 Å². The molecule has 1 aliphatic carbocycles. The van der Waals surface area contributed by atoms with E-state index in [4.69, 9.17) is 9.47 Å². The zero-order chi connectivity index (χ0) is 13.3. The Morgan fingerprint density at radius 3 is 2.89 bits per heavy atom. The van der Waals surface area contributed by atoms with Gasteiger partial charge in [-0.1, -0.05) is 12.1 Å². The molecule has 1 unspecified atom stereocenters. The van der Waals surface area contributed by atoms with Crippen LogP contribution in [-0.2, 0) is 6.42 Å². The van der Waals surface area contributed by atoms with E-state index in [1.54, 1.807) is 7.11 Å². The lowest BCUT2D eigenvalue weighted by Gasteiger charge is -2.18. The highest BCUT2D eigenvalue weighted by Crippen LogP contribution is 2.42. The highest BCUT2D eigenvalue weighted by atomic mass is 32.2. The number of hydrogen-bond acceptors (Lipinski definition) is 4. The highest BCUT2D eigenvalue weighted by molar-refractivity contribution is 7.99. The van der Waals surface area contributed by atoms with E-state index in [9.17, 15) is 5.11 Å². The second kappa shape index (κ2) is 5.25. The van der Waals surface area contributed by atoms with Crippen molar-refractivity contribution in [1.29, 1.82) is 0 Å². The van der Waals surface area contributed by atoms with Gasteiger partial charge in [0, 0.05) is 17.7 Å². The van der Waals surface area contributed by atoms with Crippen molar-refractivity contribution in [2.75, 3.05) is 18.6 Å². The van der Waals surface area contributed by atoms with Gasteiger partial charge >= 0.3 is 0 Å². The summed E-state index contributed by atoms with van der Waals surface area (Å²) in [6.45, 7) is 0. The number of thioether (sulfide) groups is 1. The smallest absolute Gasteiger partial charge is 0.164 e. The van der Waals surface area contributed by atoms with Crippen molar-refractivity contribution >= 4 is 11.8 Å². The third kappa shape index (κ3) is 3.00. The summed E-state index contributed by atoms with van der Waals surface area (Å²) in [7, 11) is 1.67. The van der Waals surface area contributed by atoms with E-state index in [1.165, 1.54) is 5.75 Å². The zero-order valence-electron chi connectivity index (χ0n) is 11.2. The maximum atomic E-state index is 10.1. The summed E-state index contributed by atoms with van der Waals surface area (Å²) in [5.74, 6) is 3.83. The molecule has 1 saturated heterocycles. The highest BCUT2D eigenvalue weighted by Gasteiger charge is 2.41. The number of hydrogen-bond donors (Lipinski definition) is 1. The Labute approximate surface area is 118 Å². The van der Waals surface area contributed by atoms with Gasteiger partial charge in [-0.25, -0.2) is 0 Å². The van der Waals surface area contributed by atoms with Crippen LogP contribution in [0.2, 0.25) is 0 Å². The molecule has 1 aromatic rings. The van der Waals surface area contributed by atoms with Gasteiger partial charge in [0.15, 0.2) is 11.5 Å². The minimum Gasteiger partial charge on any atom is -0.493 e. The topological polar surface area (TPSA) is 38.7 Å². The second-order valence-electron chi connectivity index (χ2n) is 5.45. The van der Waals surface area contributed by atoms with Crippen LogP contribution in [-0.4, -0.2) is 35.4 Å². The van der Waals surface area contributed by atoms with Crippen molar-refractivity contribution in [3.8, 4) is 11.5 Å². The molecule has 0 radical (unpaired) electrons. The molecule has 2 fully saturated rings. The average molecular weight is 280 g/mol. The maximum absolute atomic E-state index is 10.1. The van der Waals surface area contributed by atoms with Gasteiger partial charge in [-0.2, -0.15) is 11.8 Å². The van der Waals surface area contributed by atoms with E-state index in [2.05, 4.69) is 0 Å². The molecule has 1 saturated carbocycles. The van der Waals surface area contributed by atoms with Crippen molar-refractivity contribution in [3.63, 3.8) is 0 Å². The summed E-state index contributed by atoms with van der Waals surface area (Å²) < 4.78 is 11.6. The van der Waals surface area contributed by atoms with Crippen molar-refractivity contribution < 1.29 is 14.6 Å². The number of methoxy groups -OCH3 is 1. The quantitative estimate of drug-likeness (QED) is 0.900. The summed E-state index contributed by atoms with van der Waals surface area (Å²) in [5.41, 5.74) is 0.542. The first-order valence-electron chi connectivity index (χ1n) is 6.83. The largest absolute Gasteiger partial charge is 0.493 e. The van der Waals surface area contributed by atoms with Crippen LogP contribution in [0.15, 0.2) is 18.2 Å². The minimum absolute atomic E-state index is 0.290. The Balaban J connectivity index is 1.80. The van der Waals surface area contributed by atoms with Crippen LogP contribution in [0.1, 0.15) is 24.8 Å². The predicted octanol–water partition coefficient (Wildman–Crippen LogP) is 2.65. The van der Waals surface area contributed by atoms with Crippen LogP contribution >= 0.6 is 11.8 Å². The molecule has 1 atom stereocenters. The lowest BCUT2D eigenvalue weighted by Crippen LogP contribution is -2.16. The van der Waals surface area contributed by atoms with Gasteiger partial charge in [0.1, 0.15) is 6.10 Å². The first kappa shape index (κ1) is 13.1. The number of aliphatic hydroxyl groups is 1. The van der Waals surface area contributed by atoms with Crippen LogP contribution in [0.3, 0.4) is 0 Å². The van der Waals surface area contributed by atoms with E-state index >= 15 is 0 Å². The Morgan fingerprint density at radius 2 is 2.26 bits per heavy atom. The van der Waals surface area contributed by atoms with E-state index in [1.807, 2.05) is 30.0 Å². The Hall–Kier alpha value is -0.870. The fourth-order valence-electron chi connectivity index (χ4n) is 2.49. The molecule has 0 aromatic heterocycles. The molecule has 0 bridgehead atoms. The average Bonchev–Trinajstić information content (AvgIpc) is 2.91. The first-order valence-corrected chi connectivity index (χ1v) is 7.98. The van der Waals surface area contributed by atoms with E-state index in [-0.39, 0.29) is 6.10 Å². The Kier molecular flexibility index (Phi) is 3.63. The van der Waals surface area contributed by atoms with Crippen LogP contribution in [0.5, 0.6) is 11.5 Å². The maximum Gasteiger partial charge on any atom is 0.164 e. The van der Waals surface area contributed by atoms with E-state index in [0.717, 1.165) is 42.1 Å². The third-order valence-electron chi connectivity index (χ3n) is 3.79. The summed E-state index contributed by atoms with van der Waals surface area (Å²) in [5, 5.41) is 10.1. The van der Waals surface area contributed by atoms with Crippen molar-refractivity contribution in [3.05, 3.63) is 23.8 Å². The van der Waals surface area contributed by atoms with E-state index in [0.29, 0.717) is 6.42 Å². The molecule has 4 heteroatoms. The van der Waals surface area contributed by atoms with Gasteiger partial charge in [0.05, 0.1) is 12.7 Å². The molecule has 0 amide bonds. The molecule has 1 N–H and O–H groups in total. The molecule has 1 heterocycles. The SMILES string of the molecule is COc1c(CC2(O)CC2)cccc1OC1CCSC1. The molecule has 3 nitrogen and oxygen atoms in total. The molecule has 2 aliphatic rings. The number of ether oxygens (including phenoxy) is 2.